The van der Waals surface area contributed by atoms with Crippen molar-refractivity contribution >= 4 is 29.7 Å². The zero-order chi connectivity index (χ0) is 17.9. The number of aromatic amines is 1. The normalized spacial score (nSPS) is 12.3. The Bertz CT molecular complexity index is 903. The first-order valence-electron chi connectivity index (χ1n) is 8.81. The molecule has 7 nitrogen and oxygen atoms in total. The zero-order valence-corrected chi connectivity index (χ0v) is 16.4. The number of carbonyl (C=O) groups is 1. The molecule has 3 heterocycles. The minimum atomic E-state index is -0.906. The predicted octanol–water partition coefficient (Wildman–Crippen LogP) is 2.78. The Kier molecular flexibility index (Phi) is 6.30. The number of aryl methyl sites for hydroxylation is 2. The summed E-state index contributed by atoms with van der Waals surface area (Å²) in [6.07, 6.45) is 5.05. The Hall–Kier alpha value is -2.16. The number of rotatable bonds is 8. The highest BCUT2D eigenvalue weighted by Gasteiger charge is 2.28. The molecule has 1 aliphatic carbocycles. The first-order valence-corrected chi connectivity index (χ1v) is 9.75. The lowest BCUT2D eigenvalue weighted by Crippen LogP contribution is -2.21. The van der Waals surface area contributed by atoms with E-state index in [1.165, 1.54) is 5.56 Å². The summed E-state index contributed by atoms with van der Waals surface area (Å²) in [5, 5.41) is 29.0. The van der Waals surface area contributed by atoms with E-state index in [9.17, 15) is 9.90 Å². The van der Waals surface area contributed by atoms with Crippen LogP contribution >= 0.6 is 23.7 Å². The van der Waals surface area contributed by atoms with Gasteiger partial charge in [0.15, 0.2) is 0 Å². The van der Waals surface area contributed by atoms with Gasteiger partial charge in [0.25, 0.3) is 0 Å². The molecule has 0 bridgehead atoms. The van der Waals surface area contributed by atoms with Crippen molar-refractivity contribution in [2.75, 3.05) is 13.1 Å². The fourth-order valence-corrected chi connectivity index (χ4v) is 4.16. The summed E-state index contributed by atoms with van der Waals surface area (Å²) in [7, 11) is 0. The third-order valence-electron chi connectivity index (χ3n) is 4.75. The molecule has 0 fully saturated rings. The SMILES string of the molecule is Cl.O=C(O)c1c2c(nn1CCCNCCc1ccsc1)-c1cn[nH]c1CC2. The fraction of sp³-hybridized carbons (Fsp3) is 0.389. The Balaban J connectivity index is 0.00000210. The van der Waals surface area contributed by atoms with Gasteiger partial charge in [-0.25, -0.2) is 4.79 Å². The van der Waals surface area contributed by atoms with Crippen LogP contribution in [-0.2, 0) is 25.8 Å². The summed E-state index contributed by atoms with van der Waals surface area (Å²) < 4.78 is 1.65. The van der Waals surface area contributed by atoms with Crippen LogP contribution in [0.1, 0.15) is 33.7 Å². The van der Waals surface area contributed by atoms with Gasteiger partial charge in [0.1, 0.15) is 5.69 Å². The minimum Gasteiger partial charge on any atom is -0.477 e. The third kappa shape index (κ3) is 4.07. The maximum Gasteiger partial charge on any atom is 0.354 e. The van der Waals surface area contributed by atoms with E-state index < -0.39 is 5.97 Å². The number of aromatic nitrogens is 4. The summed E-state index contributed by atoms with van der Waals surface area (Å²) in [5.74, 6) is -0.906. The van der Waals surface area contributed by atoms with Crippen molar-refractivity contribution in [1.29, 1.82) is 0 Å². The van der Waals surface area contributed by atoms with Crippen LogP contribution in [-0.4, -0.2) is 44.1 Å². The number of nitrogens with one attached hydrogen (secondary N) is 2. The van der Waals surface area contributed by atoms with E-state index in [0.29, 0.717) is 18.7 Å². The quantitative estimate of drug-likeness (QED) is 0.499. The molecule has 9 heteroatoms. The number of aromatic carboxylic acids is 1. The molecule has 0 amide bonds. The molecule has 3 aromatic heterocycles. The van der Waals surface area contributed by atoms with Gasteiger partial charge in [-0.05, 0) is 61.2 Å². The number of carboxylic acids is 1. The molecule has 0 aliphatic heterocycles. The average molecular weight is 408 g/mol. The molecule has 4 rings (SSSR count). The third-order valence-corrected chi connectivity index (χ3v) is 5.48. The van der Waals surface area contributed by atoms with Crippen LogP contribution in [0.25, 0.3) is 11.3 Å². The number of fused-ring (bicyclic) bond motifs is 3. The van der Waals surface area contributed by atoms with E-state index >= 15 is 0 Å². The van der Waals surface area contributed by atoms with Gasteiger partial charge in [0, 0.05) is 23.4 Å². The zero-order valence-electron chi connectivity index (χ0n) is 14.8. The molecule has 0 atom stereocenters. The molecule has 0 unspecified atom stereocenters. The van der Waals surface area contributed by atoms with Crippen molar-refractivity contribution in [3.63, 3.8) is 0 Å². The lowest BCUT2D eigenvalue weighted by Gasteiger charge is -2.10. The smallest absolute Gasteiger partial charge is 0.354 e. The highest BCUT2D eigenvalue weighted by Crippen LogP contribution is 2.33. The van der Waals surface area contributed by atoms with Gasteiger partial charge in [-0.2, -0.15) is 21.5 Å². The van der Waals surface area contributed by atoms with Crippen molar-refractivity contribution in [2.45, 2.75) is 32.2 Å². The summed E-state index contributed by atoms with van der Waals surface area (Å²) in [6.45, 7) is 2.36. The van der Waals surface area contributed by atoms with E-state index in [-0.39, 0.29) is 12.4 Å². The molecule has 27 heavy (non-hydrogen) atoms. The van der Waals surface area contributed by atoms with Crippen LogP contribution in [0.2, 0.25) is 0 Å². The summed E-state index contributed by atoms with van der Waals surface area (Å²) in [6, 6.07) is 2.14. The van der Waals surface area contributed by atoms with Crippen LogP contribution in [0.5, 0.6) is 0 Å². The topological polar surface area (TPSA) is 95.8 Å². The van der Waals surface area contributed by atoms with E-state index in [4.69, 9.17) is 0 Å². The Morgan fingerprint density at radius 1 is 1.37 bits per heavy atom. The van der Waals surface area contributed by atoms with Crippen LogP contribution in [0.4, 0.5) is 0 Å². The number of hydrogen-bond donors (Lipinski definition) is 3. The van der Waals surface area contributed by atoms with Gasteiger partial charge in [0.2, 0.25) is 0 Å². The van der Waals surface area contributed by atoms with Gasteiger partial charge < -0.3 is 10.4 Å². The second-order valence-corrected chi connectivity index (χ2v) is 7.23. The molecular formula is C18H22ClN5O2S. The number of halogens is 1. The van der Waals surface area contributed by atoms with Gasteiger partial charge in [0.05, 0.1) is 11.9 Å². The van der Waals surface area contributed by atoms with E-state index in [0.717, 1.165) is 54.9 Å². The lowest BCUT2D eigenvalue weighted by atomic mass is 9.94. The maximum atomic E-state index is 11.8. The molecule has 0 saturated heterocycles. The highest BCUT2D eigenvalue weighted by molar-refractivity contribution is 7.07. The largest absolute Gasteiger partial charge is 0.477 e. The molecule has 0 spiro atoms. The summed E-state index contributed by atoms with van der Waals surface area (Å²) in [5.41, 5.74) is 5.24. The summed E-state index contributed by atoms with van der Waals surface area (Å²) in [4.78, 5) is 11.8. The number of carboxylic acid groups (broad SMARTS) is 1. The van der Waals surface area contributed by atoms with E-state index in [2.05, 4.69) is 37.4 Å². The Labute approximate surface area is 167 Å². The number of thiophene rings is 1. The van der Waals surface area contributed by atoms with Crippen molar-refractivity contribution in [3.05, 3.63) is 45.5 Å². The Morgan fingerprint density at radius 3 is 3.04 bits per heavy atom. The molecule has 0 saturated carbocycles. The molecular weight excluding hydrogens is 386 g/mol. The van der Waals surface area contributed by atoms with Gasteiger partial charge >= 0.3 is 5.97 Å². The number of hydrogen-bond acceptors (Lipinski definition) is 5. The summed E-state index contributed by atoms with van der Waals surface area (Å²) >= 11 is 1.72. The standard InChI is InChI=1S/C18H21N5O2S.ClH/c24-18(25)17-13-2-3-15-14(10-20-21-15)16(13)22-23(17)8-1-6-19-7-4-12-5-9-26-11-12;/h5,9-11,19H,1-4,6-8H2,(H,20,21)(H,24,25);1H. The van der Waals surface area contributed by atoms with Crippen LogP contribution in [0.15, 0.2) is 23.0 Å². The number of H-pyrrole nitrogens is 1. The fourth-order valence-electron chi connectivity index (χ4n) is 3.46. The monoisotopic (exact) mass is 407 g/mol. The van der Waals surface area contributed by atoms with Crippen molar-refractivity contribution in [1.82, 2.24) is 25.3 Å². The molecule has 3 N–H and O–H groups in total. The first kappa shape index (κ1) is 19.6. The molecule has 0 radical (unpaired) electrons. The van der Waals surface area contributed by atoms with Gasteiger partial charge in [-0.15, -0.1) is 12.4 Å². The minimum absolute atomic E-state index is 0. The van der Waals surface area contributed by atoms with Crippen molar-refractivity contribution in [3.8, 4) is 11.3 Å². The van der Waals surface area contributed by atoms with E-state index in [1.807, 2.05) is 0 Å². The van der Waals surface area contributed by atoms with Gasteiger partial charge in [-0.1, -0.05) is 0 Å². The average Bonchev–Trinajstić information content (AvgIpc) is 3.35. The second-order valence-electron chi connectivity index (χ2n) is 6.45. The van der Waals surface area contributed by atoms with Gasteiger partial charge in [-0.3, -0.25) is 9.78 Å². The molecule has 144 valence electrons. The maximum absolute atomic E-state index is 11.8. The van der Waals surface area contributed by atoms with E-state index in [1.54, 1.807) is 22.2 Å². The highest BCUT2D eigenvalue weighted by atomic mass is 35.5. The Morgan fingerprint density at radius 2 is 2.26 bits per heavy atom. The number of nitrogens with zero attached hydrogens (tertiary/aromatic N) is 3. The molecule has 1 aliphatic rings. The van der Waals surface area contributed by atoms with Crippen LogP contribution in [0.3, 0.4) is 0 Å². The van der Waals surface area contributed by atoms with Crippen molar-refractivity contribution < 1.29 is 9.90 Å². The van der Waals surface area contributed by atoms with Crippen molar-refractivity contribution in [2.24, 2.45) is 0 Å². The molecule has 0 aromatic carbocycles. The molecule has 3 aromatic rings. The predicted molar refractivity (Wildman–Crippen MR) is 107 cm³/mol. The van der Waals surface area contributed by atoms with Crippen LogP contribution in [0, 0.1) is 0 Å². The second kappa shape index (κ2) is 8.69. The van der Waals surface area contributed by atoms with Crippen LogP contribution < -0.4 is 5.32 Å². The first-order chi connectivity index (χ1) is 12.7. The lowest BCUT2D eigenvalue weighted by molar-refractivity contribution is 0.0681.